The van der Waals surface area contributed by atoms with Crippen LogP contribution in [0.4, 0.5) is 0 Å². The fraction of sp³-hybridized carbons (Fsp3) is 0.0870. The summed E-state index contributed by atoms with van der Waals surface area (Å²) in [7, 11) is 0. The molecule has 2 N–H and O–H groups in total. The van der Waals surface area contributed by atoms with E-state index < -0.39 is 5.91 Å². The van der Waals surface area contributed by atoms with Crippen LogP contribution in [0.2, 0.25) is 5.02 Å². The normalized spacial score (nSPS) is 10.0. The molecule has 0 unspecified atom stereocenters. The Balaban J connectivity index is 1.44. The van der Waals surface area contributed by atoms with E-state index in [1.54, 1.807) is 48.5 Å². The number of amides is 2. The third kappa shape index (κ3) is 5.84. The third-order valence-corrected chi connectivity index (χ3v) is 4.59. The van der Waals surface area contributed by atoms with Crippen LogP contribution >= 0.6 is 11.6 Å². The minimum Gasteiger partial charge on any atom is -0.484 e. The van der Waals surface area contributed by atoms with Gasteiger partial charge in [0.05, 0.1) is 18.1 Å². The Morgan fingerprint density at radius 2 is 1.47 bits per heavy atom. The molecule has 0 aliphatic heterocycles. The van der Waals surface area contributed by atoms with Crippen LogP contribution in [0.5, 0.6) is 5.75 Å². The number of hydrogen-bond acceptors (Lipinski definition) is 4. The van der Waals surface area contributed by atoms with Crippen molar-refractivity contribution in [3.8, 4) is 22.9 Å². The second-order valence-electron chi connectivity index (χ2n) is 6.37. The second kappa shape index (κ2) is 10.1. The highest BCUT2D eigenvalue weighted by molar-refractivity contribution is 6.31. The van der Waals surface area contributed by atoms with Crippen LogP contribution in [-0.4, -0.2) is 18.4 Å². The summed E-state index contributed by atoms with van der Waals surface area (Å²) in [6.07, 6.45) is 0.0532. The van der Waals surface area contributed by atoms with Crippen LogP contribution in [0.3, 0.4) is 0 Å². The molecule has 2 amide bonds. The number of nitrogens with one attached hydrogen (secondary N) is 2. The third-order valence-electron chi connectivity index (χ3n) is 4.22. The van der Waals surface area contributed by atoms with Crippen molar-refractivity contribution >= 4 is 23.4 Å². The summed E-state index contributed by atoms with van der Waals surface area (Å²) in [4.78, 5) is 23.8. The lowest BCUT2D eigenvalue weighted by molar-refractivity contribution is -0.129. The minimum atomic E-state index is -0.487. The standard InChI is InChI=1S/C23H18ClN3O3/c24-21-4-2-1-3-19(21)13-22(28)26-27-23(29)15-30-20-11-9-18(10-12-20)17-7-5-16(14-25)6-8-17/h1-12H,13,15H2,(H,26,28)(H,27,29). The van der Waals surface area contributed by atoms with Gasteiger partial charge in [-0.05, 0) is 47.0 Å². The summed E-state index contributed by atoms with van der Waals surface area (Å²) in [5, 5.41) is 9.35. The molecular formula is C23H18ClN3O3. The highest BCUT2D eigenvalue weighted by atomic mass is 35.5. The van der Waals surface area contributed by atoms with E-state index in [2.05, 4.69) is 16.9 Å². The molecule has 0 saturated carbocycles. The number of nitrogens with zero attached hydrogens (tertiary/aromatic N) is 1. The molecule has 0 heterocycles. The van der Waals surface area contributed by atoms with Crippen molar-refractivity contribution in [3.05, 3.63) is 88.9 Å². The van der Waals surface area contributed by atoms with Crippen LogP contribution in [-0.2, 0) is 16.0 Å². The summed E-state index contributed by atoms with van der Waals surface area (Å²) in [5.74, 6) is -0.355. The van der Waals surface area contributed by atoms with Crippen LogP contribution < -0.4 is 15.6 Å². The quantitative estimate of drug-likeness (QED) is 0.596. The fourth-order valence-electron chi connectivity index (χ4n) is 2.66. The molecule has 7 heteroatoms. The van der Waals surface area contributed by atoms with E-state index in [9.17, 15) is 9.59 Å². The number of nitriles is 1. The van der Waals surface area contributed by atoms with Gasteiger partial charge in [-0.1, -0.05) is 54.1 Å². The van der Waals surface area contributed by atoms with Gasteiger partial charge in [0.2, 0.25) is 5.91 Å². The first kappa shape index (κ1) is 20.9. The van der Waals surface area contributed by atoms with Gasteiger partial charge < -0.3 is 4.74 Å². The van der Waals surface area contributed by atoms with Gasteiger partial charge in [-0.3, -0.25) is 20.4 Å². The topological polar surface area (TPSA) is 91.2 Å². The average Bonchev–Trinajstić information content (AvgIpc) is 2.78. The summed E-state index contributed by atoms with van der Waals surface area (Å²) < 4.78 is 5.44. The van der Waals surface area contributed by atoms with Crippen molar-refractivity contribution in [3.63, 3.8) is 0 Å². The first-order chi connectivity index (χ1) is 14.5. The van der Waals surface area contributed by atoms with Gasteiger partial charge in [-0.25, -0.2) is 0 Å². The molecule has 6 nitrogen and oxygen atoms in total. The number of rotatable bonds is 6. The van der Waals surface area contributed by atoms with E-state index in [1.807, 2.05) is 24.3 Å². The van der Waals surface area contributed by atoms with Crippen molar-refractivity contribution in [1.82, 2.24) is 10.9 Å². The summed E-state index contributed by atoms with van der Waals surface area (Å²) in [6, 6.07) is 23.5. The smallest absolute Gasteiger partial charge is 0.276 e. The van der Waals surface area contributed by atoms with Crippen LogP contribution in [0.1, 0.15) is 11.1 Å². The molecule has 0 aromatic heterocycles. The first-order valence-corrected chi connectivity index (χ1v) is 9.47. The molecule has 3 aromatic rings. The van der Waals surface area contributed by atoms with Gasteiger partial charge in [-0.15, -0.1) is 0 Å². The number of halogens is 1. The maximum absolute atomic E-state index is 11.9. The zero-order valence-corrected chi connectivity index (χ0v) is 16.6. The highest BCUT2D eigenvalue weighted by Gasteiger charge is 2.09. The summed E-state index contributed by atoms with van der Waals surface area (Å²) in [5.41, 5.74) is 7.85. The Morgan fingerprint density at radius 1 is 0.867 bits per heavy atom. The van der Waals surface area contributed by atoms with E-state index in [1.165, 1.54) is 0 Å². The Hall–Kier alpha value is -3.82. The molecule has 0 atom stereocenters. The highest BCUT2D eigenvalue weighted by Crippen LogP contribution is 2.22. The van der Waals surface area contributed by atoms with Crippen molar-refractivity contribution in [2.24, 2.45) is 0 Å². The Kier molecular flexibility index (Phi) is 7.04. The number of benzene rings is 3. The van der Waals surface area contributed by atoms with Gasteiger partial charge in [0.1, 0.15) is 5.75 Å². The van der Waals surface area contributed by atoms with Crippen molar-refractivity contribution in [1.29, 1.82) is 5.26 Å². The molecule has 0 saturated heterocycles. The Bertz CT molecular complexity index is 1070. The Morgan fingerprint density at radius 3 is 2.10 bits per heavy atom. The number of hydrogen-bond donors (Lipinski definition) is 2. The van der Waals surface area contributed by atoms with Gasteiger partial charge in [-0.2, -0.15) is 5.26 Å². The lowest BCUT2D eigenvalue weighted by Gasteiger charge is -2.10. The summed E-state index contributed by atoms with van der Waals surface area (Å²) in [6.45, 7) is -0.247. The predicted molar refractivity (Wildman–Crippen MR) is 114 cm³/mol. The molecule has 3 aromatic carbocycles. The first-order valence-electron chi connectivity index (χ1n) is 9.09. The van der Waals surface area contributed by atoms with Crippen molar-refractivity contribution in [2.45, 2.75) is 6.42 Å². The zero-order chi connectivity index (χ0) is 21.3. The molecule has 0 aliphatic rings. The van der Waals surface area contributed by atoms with Crippen molar-refractivity contribution < 1.29 is 14.3 Å². The lowest BCUT2D eigenvalue weighted by atomic mass is 10.0. The minimum absolute atomic E-state index is 0.0532. The maximum atomic E-state index is 11.9. The van der Waals surface area contributed by atoms with E-state index in [0.29, 0.717) is 21.9 Å². The van der Waals surface area contributed by atoms with Gasteiger partial charge in [0.15, 0.2) is 6.61 Å². The zero-order valence-electron chi connectivity index (χ0n) is 15.9. The van der Waals surface area contributed by atoms with Crippen molar-refractivity contribution in [2.75, 3.05) is 6.61 Å². The van der Waals surface area contributed by atoms with Gasteiger partial charge in [0.25, 0.3) is 5.91 Å². The molecule has 30 heavy (non-hydrogen) atoms. The van der Waals surface area contributed by atoms with Gasteiger partial charge >= 0.3 is 0 Å². The molecule has 0 fully saturated rings. The van der Waals surface area contributed by atoms with E-state index >= 15 is 0 Å². The second-order valence-corrected chi connectivity index (χ2v) is 6.77. The van der Waals surface area contributed by atoms with E-state index in [0.717, 1.165) is 11.1 Å². The number of hydrazine groups is 1. The maximum Gasteiger partial charge on any atom is 0.276 e. The average molecular weight is 420 g/mol. The Labute approximate surface area is 179 Å². The molecular weight excluding hydrogens is 402 g/mol. The predicted octanol–water partition coefficient (Wildman–Crippen LogP) is 3.65. The number of carbonyl (C=O) groups is 2. The fourth-order valence-corrected chi connectivity index (χ4v) is 2.87. The van der Waals surface area contributed by atoms with Crippen LogP contribution in [0.15, 0.2) is 72.8 Å². The molecule has 0 aliphatic carbocycles. The molecule has 0 radical (unpaired) electrons. The lowest BCUT2D eigenvalue weighted by Crippen LogP contribution is -2.44. The summed E-state index contributed by atoms with van der Waals surface area (Å²) >= 11 is 6.01. The van der Waals surface area contributed by atoms with E-state index in [4.69, 9.17) is 21.6 Å². The molecule has 3 rings (SSSR count). The largest absolute Gasteiger partial charge is 0.484 e. The van der Waals surface area contributed by atoms with Gasteiger partial charge in [0, 0.05) is 5.02 Å². The number of carbonyl (C=O) groups excluding carboxylic acids is 2. The SMILES string of the molecule is N#Cc1ccc(-c2ccc(OCC(=O)NNC(=O)Cc3ccccc3Cl)cc2)cc1. The van der Waals surface area contributed by atoms with Crippen LogP contribution in [0, 0.1) is 11.3 Å². The molecule has 0 bridgehead atoms. The number of ether oxygens (including phenoxy) is 1. The molecule has 0 spiro atoms. The monoisotopic (exact) mass is 419 g/mol. The molecule has 150 valence electrons. The van der Waals surface area contributed by atoms with Crippen LogP contribution in [0.25, 0.3) is 11.1 Å². The van der Waals surface area contributed by atoms with E-state index in [-0.39, 0.29) is 18.9 Å².